The van der Waals surface area contributed by atoms with Crippen LogP contribution in [0, 0.1) is 11.8 Å². The Morgan fingerprint density at radius 2 is 1.62 bits per heavy atom. The largest absolute Gasteiger partial charge is 0.472 e. The number of nitrogens with one attached hydrogen (secondary N) is 2. The summed E-state index contributed by atoms with van der Waals surface area (Å²) in [6.45, 7) is 3.81. The number of carbonyl (C=O) groups is 3. The number of rotatable bonds is 7. The smallest absolute Gasteiger partial charge is 0.407 e. The molecule has 2 aromatic rings. The Morgan fingerprint density at radius 3 is 2.22 bits per heavy atom. The highest BCUT2D eigenvalue weighted by Gasteiger charge is 2.30. The van der Waals surface area contributed by atoms with E-state index >= 15 is 0 Å². The minimum atomic E-state index is -1.24. The van der Waals surface area contributed by atoms with E-state index in [0.717, 1.165) is 22.3 Å². The lowest BCUT2D eigenvalue weighted by molar-refractivity contribution is -0.130. The first-order valence-corrected chi connectivity index (χ1v) is 10.4. The fraction of sp³-hybridized carbons (Fsp3) is 0.320. The summed E-state index contributed by atoms with van der Waals surface area (Å²) in [4.78, 5) is 34.7. The number of benzene rings is 2. The van der Waals surface area contributed by atoms with E-state index in [-0.39, 0.29) is 31.4 Å². The van der Waals surface area contributed by atoms with Crippen LogP contribution in [0.25, 0.3) is 11.1 Å². The number of alkyl carbamates (subject to hydrolysis) is 1. The summed E-state index contributed by atoms with van der Waals surface area (Å²) in [6.07, 6.45) is 0.00504. The topological polar surface area (TPSA) is 105 Å². The van der Waals surface area contributed by atoms with Crippen molar-refractivity contribution < 1.29 is 24.2 Å². The fourth-order valence-corrected chi connectivity index (χ4v) is 3.75. The molecule has 0 unspecified atom stereocenters. The highest BCUT2D eigenvalue weighted by atomic mass is 16.5. The summed E-state index contributed by atoms with van der Waals surface area (Å²) in [7, 11) is 0. The summed E-state index contributed by atoms with van der Waals surface area (Å²) >= 11 is 0. The van der Waals surface area contributed by atoms with E-state index in [1.807, 2.05) is 44.0 Å². The third kappa shape index (κ3) is 5.88. The van der Waals surface area contributed by atoms with Crippen molar-refractivity contribution in [3.63, 3.8) is 0 Å². The van der Waals surface area contributed by atoms with Crippen LogP contribution < -0.4 is 10.6 Å². The Labute approximate surface area is 187 Å². The predicted octanol–water partition coefficient (Wildman–Crippen LogP) is 3.29. The molecule has 166 valence electrons. The third-order valence-corrected chi connectivity index (χ3v) is 5.33. The highest BCUT2D eigenvalue weighted by molar-refractivity contribution is 5.86. The van der Waals surface area contributed by atoms with Gasteiger partial charge in [0.25, 0.3) is 0 Å². The number of aliphatic carboxylic acids is 1. The number of fused-ring (bicyclic) bond motifs is 3. The van der Waals surface area contributed by atoms with Crippen molar-refractivity contribution in [3.05, 3.63) is 59.7 Å². The van der Waals surface area contributed by atoms with Crippen LogP contribution in [0.2, 0.25) is 0 Å². The zero-order chi connectivity index (χ0) is 23.1. The molecule has 0 saturated heterocycles. The van der Waals surface area contributed by atoms with E-state index < -0.39 is 17.6 Å². The van der Waals surface area contributed by atoms with Crippen LogP contribution in [0.3, 0.4) is 0 Å². The lowest BCUT2D eigenvalue weighted by Gasteiger charge is -2.26. The van der Waals surface area contributed by atoms with Gasteiger partial charge in [0.1, 0.15) is 6.61 Å². The van der Waals surface area contributed by atoms with Gasteiger partial charge in [-0.2, -0.15) is 0 Å². The Morgan fingerprint density at radius 1 is 1.03 bits per heavy atom. The second-order valence-electron chi connectivity index (χ2n) is 8.22. The van der Waals surface area contributed by atoms with E-state index in [4.69, 9.17) is 9.84 Å². The molecule has 1 aliphatic rings. The van der Waals surface area contributed by atoms with Crippen molar-refractivity contribution in [2.45, 2.75) is 38.1 Å². The molecular weight excluding hydrogens is 408 g/mol. The summed E-state index contributed by atoms with van der Waals surface area (Å²) < 4.78 is 5.56. The van der Waals surface area contributed by atoms with Gasteiger partial charge in [-0.25, -0.2) is 9.59 Å². The molecule has 0 bridgehead atoms. The Hall–Kier alpha value is -3.79. The average molecular weight is 434 g/mol. The average Bonchev–Trinajstić information content (AvgIpc) is 3.07. The maximum atomic E-state index is 12.5. The van der Waals surface area contributed by atoms with Gasteiger partial charge in [-0.05, 0) is 42.5 Å². The molecule has 0 heterocycles. The lowest BCUT2D eigenvalue weighted by Crippen LogP contribution is -2.44. The van der Waals surface area contributed by atoms with Gasteiger partial charge >= 0.3 is 12.1 Å². The SMILES string of the molecule is CC(C)(CCC(=O)NCC#CC(=O)O)NC(=O)OCC1c2ccccc2-c2ccccc21. The molecule has 0 atom stereocenters. The molecule has 3 rings (SSSR count). The molecule has 7 heteroatoms. The van der Waals surface area contributed by atoms with Crippen LogP contribution in [0.15, 0.2) is 48.5 Å². The van der Waals surface area contributed by atoms with E-state index in [0.29, 0.717) is 6.42 Å². The lowest BCUT2D eigenvalue weighted by atomic mass is 9.98. The Balaban J connectivity index is 1.50. The molecule has 0 radical (unpaired) electrons. The first-order valence-electron chi connectivity index (χ1n) is 10.4. The van der Waals surface area contributed by atoms with Crippen LogP contribution in [-0.4, -0.2) is 41.8 Å². The molecule has 0 spiro atoms. The maximum Gasteiger partial charge on any atom is 0.407 e. The predicted molar refractivity (Wildman–Crippen MR) is 120 cm³/mol. The molecule has 2 aromatic carbocycles. The quantitative estimate of drug-likeness (QED) is 0.580. The number of amides is 2. The van der Waals surface area contributed by atoms with Crippen LogP contribution >= 0.6 is 0 Å². The number of carboxylic acid groups (broad SMARTS) is 1. The molecule has 0 aromatic heterocycles. The van der Waals surface area contributed by atoms with Crippen molar-refractivity contribution in [2.24, 2.45) is 0 Å². The van der Waals surface area contributed by atoms with E-state index in [1.165, 1.54) is 0 Å². The maximum absolute atomic E-state index is 12.5. The molecular formula is C25H26N2O5. The number of hydrogen-bond acceptors (Lipinski definition) is 4. The van der Waals surface area contributed by atoms with Crippen molar-refractivity contribution in [1.29, 1.82) is 0 Å². The molecule has 1 aliphatic carbocycles. The first kappa shape index (κ1) is 22.9. The summed E-state index contributed by atoms with van der Waals surface area (Å²) in [5, 5.41) is 13.8. The minimum absolute atomic E-state index is 0.0195. The molecule has 7 nitrogen and oxygen atoms in total. The van der Waals surface area contributed by atoms with E-state index in [1.54, 1.807) is 0 Å². The molecule has 2 amide bonds. The van der Waals surface area contributed by atoms with Gasteiger partial charge in [0.15, 0.2) is 0 Å². The Bertz CT molecular complexity index is 1040. The zero-order valence-electron chi connectivity index (χ0n) is 18.1. The molecule has 0 aliphatic heterocycles. The Kier molecular flexibility index (Phi) is 7.16. The first-order chi connectivity index (χ1) is 15.3. The fourth-order valence-electron chi connectivity index (χ4n) is 3.75. The van der Waals surface area contributed by atoms with Gasteiger partial charge < -0.3 is 20.5 Å². The standard InChI is InChI=1S/C25H26N2O5/c1-25(2,14-13-22(28)26-15-7-12-23(29)30)27-24(31)32-16-21-19-10-5-3-8-17(19)18-9-4-6-11-20(18)21/h3-6,8-11,21H,13-16H2,1-2H3,(H,26,28)(H,27,31)(H,29,30). The van der Waals surface area contributed by atoms with E-state index in [9.17, 15) is 14.4 Å². The number of ether oxygens (including phenoxy) is 1. The molecule has 0 saturated carbocycles. The van der Waals surface area contributed by atoms with Crippen molar-refractivity contribution in [2.75, 3.05) is 13.2 Å². The monoisotopic (exact) mass is 434 g/mol. The van der Waals surface area contributed by atoms with Crippen LogP contribution in [0.5, 0.6) is 0 Å². The van der Waals surface area contributed by atoms with Crippen LogP contribution in [-0.2, 0) is 14.3 Å². The summed E-state index contributed by atoms with van der Waals surface area (Å²) in [5.74, 6) is 2.73. The number of hydrogen-bond donors (Lipinski definition) is 3. The van der Waals surface area contributed by atoms with Gasteiger partial charge in [-0.15, -0.1) is 0 Å². The normalized spacial score (nSPS) is 12.1. The number of carbonyl (C=O) groups excluding carboxylic acids is 2. The second-order valence-corrected chi connectivity index (χ2v) is 8.22. The van der Waals surface area contributed by atoms with Gasteiger partial charge in [-0.3, -0.25) is 4.79 Å². The van der Waals surface area contributed by atoms with Gasteiger partial charge in [-0.1, -0.05) is 54.5 Å². The molecule has 3 N–H and O–H groups in total. The van der Waals surface area contributed by atoms with Crippen molar-refractivity contribution in [1.82, 2.24) is 10.6 Å². The van der Waals surface area contributed by atoms with Crippen molar-refractivity contribution >= 4 is 18.0 Å². The highest BCUT2D eigenvalue weighted by Crippen LogP contribution is 2.44. The summed E-state index contributed by atoms with van der Waals surface area (Å²) in [6, 6.07) is 16.3. The minimum Gasteiger partial charge on any atom is -0.472 e. The summed E-state index contributed by atoms with van der Waals surface area (Å²) in [5.41, 5.74) is 3.95. The molecule has 0 fully saturated rings. The van der Waals surface area contributed by atoms with Crippen LogP contribution in [0.4, 0.5) is 4.79 Å². The van der Waals surface area contributed by atoms with E-state index in [2.05, 4.69) is 40.8 Å². The van der Waals surface area contributed by atoms with Gasteiger partial charge in [0.05, 0.1) is 6.54 Å². The van der Waals surface area contributed by atoms with Crippen molar-refractivity contribution in [3.8, 4) is 23.0 Å². The second kappa shape index (κ2) is 10.0. The zero-order valence-corrected chi connectivity index (χ0v) is 18.1. The number of carboxylic acids is 1. The van der Waals surface area contributed by atoms with Crippen LogP contribution in [0.1, 0.15) is 43.7 Å². The van der Waals surface area contributed by atoms with Gasteiger partial charge in [0.2, 0.25) is 5.91 Å². The third-order valence-electron chi connectivity index (χ3n) is 5.33. The molecule has 32 heavy (non-hydrogen) atoms. The van der Waals surface area contributed by atoms with Gasteiger partial charge in [0, 0.05) is 23.8 Å².